The van der Waals surface area contributed by atoms with E-state index in [-0.39, 0.29) is 29.2 Å². The minimum Gasteiger partial charge on any atom is -0.504 e. The van der Waals surface area contributed by atoms with Gasteiger partial charge in [-0.2, -0.15) is 5.10 Å². The van der Waals surface area contributed by atoms with E-state index in [9.17, 15) is 20.1 Å². The Labute approximate surface area is 243 Å². The SMILES string of the molecule is Cc1c(C(=O)O)cc2cc(-c3cnn(C)c3)cn2c1C(C)c1cc(O)c2c3c1C[C@@H]1[C@@H]4C=C[C@H](O)[C@H](O2)[C@]34CCN1C. The van der Waals surface area contributed by atoms with Crippen LogP contribution in [-0.4, -0.2) is 72.2 Å². The number of pyridine rings is 1. The molecule has 3 N–H and O–H groups in total. The highest BCUT2D eigenvalue weighted by molar-refractivity contribution is 5.92. The van der Waals surface area contributed by atoms with Gasteiger partial charge in [0.2, 0.25) is 0 Å². The predicted octanol–water partition coefficient (Wildman–Crippen LogP) is 4.01. The van der Waals surface area contributed by atoms with E-state index < -0.39 is 23.6 Å². The molecular weight excluding hydrogens is 532 g/mol. The predicted molar refractivity (Wildman–Crippen MR) is 156 cm³/mol. The van der Waals surface area contributed by atoms with Crippen LogP contribution in [0.2, 0.25) is 0 Å². The van der Waals surface area contributed by atoms with Gasteiger partial charge in [0.25, 0.3) is 0 Å². The molecular formula is C33H34N4O5. The highest BCUT2D eigenvalue weighted by Gasteiger charge is 2.64. The summed E-state index contributed by atoms with van der Waals surface area (Å²) in [6, 6.07) is 5.78. The van der Waals surface area contributed by atoms with E-state index in [0.29, 0.717) is 11.3 Å². The van der Waals surface area contributed by atoms with Gasteiger partial charge in [0.15, 0.2) is 11.5 Å². The average Bonchev–Trinajstić information content (AvgIpc) is 3.67. The Morgan fingerprint density at radius 1 is 1.17 bits per heavy atom. The summed E-state index contributed by atoms with van der Waals surface area (Å²) in [4.78, 5) is 14.8. The number of carboxylic acids is 1. The summed E-state index contributed by atoms with van der Waals surface area (Å²) in [5, 5.41) is 37.0. The number of aromatic nitrogens is 3. The fraction of sp³-hybridized carbons (Fsp3) is 0.394. The van der Waals surface area contributed by atoms with Crippen molar-refractivity contribution in [2.45, 2.75) is 56.3 Å². The molecule has 1 unspecified atom stereocenters. The quantitative estimate of drug-likeness (QED) is 0.320. The Balaban J connectivity index is 1.37. The van der Waals surface area contributed by atoms with Gasteiger partial charge in [-0.15, -0.1) is 0 Å². The fourth-order valence-corrected chi connectivity index (χ4v) is 8.74. The molecule has 6 atom stereocenters. The molecule has 3 aromatic heterocycles. The Bertz CT molecular complexity index is 1850. The lowest BCUT2D eigenvalue weighted by atomic mass is 9.52. The van der Waals surface area contributed by atoms with Crippen LogP contribution in [0.15, 0.2) is 48.9 Å². The second-order valence-electron chi connectivity index (χ2n) is 12.7. The number of carboxylic acid groups (broad SMARTS) is 1. The van der Waals surface area contributed by atoms with Gasteiger partial charge in [0.05, 0.1) is 11.8 Å². The number of rotatable bonds is 4. The van der Waals surface area contributed by atoms with E-state index in [2.05, 4.69) is 34.4 Å². The van der Waals surface area contributed by atoms with Gasteiger partial charge in [-0.05, 0) is 68.2 Å². The smallest absolute Gasteiger partial charge is 0.336 e. The van der Waals surface area contributed by atoms with E-state index in [1.165, 1.54) is 0 Å². The van der Waals surface area contributed by atoms with Crippen molar-refractivity contribution in [3.8, 4) is 22.6 Å². The van der Waals surface area contributed by atoms with Crippen LogP contribution < -0.4 is 4.74 Å². The van der Waals surface area contributed by atoms with Crippen LogP contribution in [0.1, 0.15) is 57.6 Å². The zero-order chi connectivity index (χ0) is 29.2. The number of aryl methyl sites for hydroxylation is 1. The van der Waals surface area contributed by atoms with E-state index in [1.54, 1.807) is 16.9 Å². The van der Waals surface area contributed by atoms with Gasteiger partial charge >= 0.3 is 5.97 Å². The highest BCUT2D eigenvalue weighted by atomic mass is 16.5. The third kappa shape index (κ3) is 3.15. The third-order valence-electron chi connectivity index (χ3n) is 10.6. The molecule has 2 aliphatic carbocycles. The van der Waals surface area contributed by atoms with Gasteiger partial charge in [-0.3, -0.25) is 4.68 Å². The molecule has 2 bridgehead atoms. The first-order valence-corrected chi connectivity index (χ1v) is 14.6. The number of nitrogens with zero attached hydrogens (tertiary/aromatic N) is 4. The maximum absolute atomic E-state index is 12.4. The second kappa shape index (κ2) is 8.49. The third-order valence-corrected chi connectivity index (χ3v) is 10.6. The number of fused-ring (bicyclic) bond motifs is 1. The number of aliphatic hydroxyl groups excluding tert-OH is 1. The topological polar surface area (TPSA) is 112 Å². The normalized spacial score (nSPS) is 28.1. The number of aromatic carboxylic acids is 1. The van der Waals surface area contributed by atoms with Gasteiger partial charge in [0, 0.05) is 70.6 Å². The minimum atomic E-state index is -0.970. The molecule has 9 nitrogen and oxygen atoms in total. The number of hydrogen-bond donors (Lipinski definition) is 3. The van der Waals surface area contributed by atoms with Crippen LogP contribution in [0.5, 0.6) is 11.5 Å². The molecule has 0 radical (unpaired) electrons. The number of hydrogen-bond acceptors (Lipinski definition) is 6. The van der Waals surface area contributed by atoms with Crippen molar-refractivity contribution in [2.24, 2.45) is 13.0 Å². The summed E-state index contributed by atoms with van der Waals surface area (Å²) >= 11 is 0. The molecule has 0 saturated carbocycles. The maximum Gasteiger partial charge on any atom is 0.336 e. The van der Waals surface area contributed by atoms with Crippen LogP contribution in [0.25, 0.3) is 16.6 Å². The largest absolute Gasteiger partial charge is 0.504 e. The lowest BCUT2D eigenvalue weighted by Gasteiger charge is -2.56. The number of benzene rings is 1. The number of aromatic hydroxyl groups is 1. The Hall–Kier alpha value is -4.08. The summed E-state index contributed by atoms with van der Waals surface area (Å²) < 4.78 is 10.3. The second-order valence-corrected chi connectivity index (χ2v) is 12.7. The number of aliphatic hydroxyl groups is 1. The first-order chi connectivity index (χ1) is 20.1. The number of phenols is 1. The molecule has 1 fully saturated rings. The standard InChI is InChI=1S/C33H34N4O5/c1-16(29-17(2)22(32(40)41)10-20-9-18(15-37(20)29)19-13-34-36(4)14-19)21-12-27(39)30-28-23(21)11-25-24-5-6-26(38)31(42-30)33(24,28)7-8-35(25)3/h5-6,9-10,12-16,24-26,31,38-39H,7-8,11H2,1-4H3,(H,40,41)/t16?,24-,25+,26-,31-,33-/m0/s1. The van der Waals surface area contributed by atoms with Crippen molar-refractivity contribution in [1.82, 2.24) is 19.1 Å². The van der Waals surface area contributed by atoms with Gasteiger partial charge in [-0.25, -0.2) is 4.79 Å². The highest BCUT2D eigenvalue weighted by Crippen LogP contribution is 2.63. The number of ether oxygens (including phenoxy) is 1. The van der Waals surface area contributed by atoms with E-state index in [1.807, 2.05) is 44.6 Å². The molecule has 5 heterocycles. The first kappa shape index (κ1) is 25.6. The molecule has 9 heteroatoms. The summed E-state index contributed by atoms with van der Waals surface area (Å²) in [7, 11) is 4.04. The summed E-state index contributed by atoms with van der Waals surface area (Å²) in [5.41, 5.74) is 7.28. The lowest BCUT2D eigenvalue weighted by molar-refractivity contribution is -0.0454. The molecule has 1 aromatic carbocycles. The van der Waals surface area contributed by atoms with Crippen molar-refractivity contribution in [3.05, 3.63) is 82.5 Å². The number of phenolic OH excluding ortho intramolecular Hbond substituents is 1. The number of carbonyl (C=O) groups is 1. The van der Waals surface area contributed by atoms with Crippen molar-refractivity contribution in [3.63, 3.8) is 0 Å². The lowest BCUT2D eigenvalue weighted by Crippen LogP contribution is -2.64. The summed E-state index contributed by atoms with van der Waals surface area (Å²) in [6.45, 7) is 4.86. The van der Waals surface area contributed by atoms with E-state index >= 15 is 0 Å². The van der Waals surface area contributed by atoms with Crippen molar-refractivity contribution in [2.75, 3.05) is 13.6 Å². The zero-order valence-electron chi connectivity index (χ0n) is 24.1. The van der Waals surface area contributed by atoms with Crippen LogP contribution in [-0.2, 0) is 18.9 Å². The monoisotopic (exact) mass is 566 g/mol. The molecule has 0 amide bonds. The fourth-order valence-electron chi connectivity index (χ4n) is 8.74. The van der Waals surface area contributed by atoms with Crippen LogP contribution in [0.4, 0.5) is 0 Å². The maximum atomic E-state index is 12.4. The average molecular weight is 567 g/mol. The number of likely N-dealkylation sites (N-methyl/N-ethyl adjacent to an activating group) is 1. The van der Waals surface area contributed by atoms with Crippen LogP contribution in [0, 0.1) is 12.8 Å². The Morgan fingerprint density at radius 3 is 2.71 bits per heavy atom. The summed E-state index contributed by atoms with van der Waals surface area (Å²) in [5.74, 6) is -0.451. The number of piperidine rings is 1. The molecule has 4 aliphatic rings. The molecule has 216 valence electrons. The Kier molecular flexibility index (Phi) is 5.18. The number of likely N-dealkylation sites (tertiary alicyclic amines) is 1. The zero-order valence-corrected chi connectivity index (χ0v) is 24.1. The molecule has 4 aromatic rings. The van der Waals surface area contributed by atoms with E-state index in [4.69, 9.17) is 4.74 Å². The molecule has 42 heavy (non-hydrogen) atoms. The first-order valence-electron chi connectivity index (χ1n) is 14.6. The van der Waals surface area contributed by atoms with Crippen molar-refractivity contribution in [1.29, 1.82) is 0 Å². The molecule has 2 aliphatic heterocycles. The Morgan fingerprint density at radius 2 is 1.98 bits per heavy atom. The van der Waals surface area contributed by atoms with Crippen LogP contribution in [0.3, 0.4) is 0 Å². The van der Waals surface area contributed by atoms with Gasteiger partial charge < -0.3 is 29.4 Å². The minimum absolute atomic E-state index is 0.0783. The molecule has 1 spiro atoms. The van der Waals surface area contributed by atoms with E-state index in [0.717, 1.165) is 58.4 Å². The summed E-state index contributed by atoms with van der Waals surface area (Å²) in [6.07, 6.45) is 10.3. The molecule has 1 saturated heterocycles. The van der Waals surface area contributed by atoms with Crippen molar-refractivity contribution < 1.29 is 24.9 Å². The van der Waals surface area contributed by atoms with Crippen molar-refractivity contribution >= 4 is 11.5 Å². The molecule has 8 rings (SSSR count). The van der Waals surface area contributed by atoms with Crippen LogP contribution >= 0.6 is 0 Å². The van der Waals surface area contributed by atoms with Gasteiger partial charge in [0.1, 0.15) is 12.2 Å². The van der Waals surface area contributed by atoms with Gasteiger partial charge in [-0.1, -0.05) is 19.1 Å².